The topological polar surface area (TPSA) is 492 Å². The van der Waals surface area contributed by atoms with Crippen LogP contribution < -0.4 is 67.3 Å². The van der Waals surface area contributed by atoms with Crippen molar-refractivity contribution in [2.45, 2.75) is 125 Å². The zero-order valence-electron chi connectivity index (χ0n) is 76.5. The maximum Gasteiger partial charge on any atom is 0.349 e. The number of likely N-dealkylation sites (tertiary alicyclic amines) is 3. The fourth-order valence-corrected chi connectivity index (χ4v) is 20.8. The second-order valence-corrected chi connectivity index (χ2v) is 40.7. The minimum absolute atomic E-state index is 0.0147. The molecule has 37 nitrogen and oxygen atoms in total. The van der Waals surface area contributed by atoms with E-state index in [1.807, 2.05) is 0 Å². The summed E-state index contributed by atoms with van der Waals surface area (Å²) in [6, 6.07) is 33.3. The van der Waals surface area contributed by atoms with Crippen LogP contribution in [0, 0.1) is 25.2 Å². The van der Waals surface area contributed by atoms with Crippen LogP contribution in [0.2, 0.25) is 30.1 Å². The third-order valence-corrected chi connectivity index (χ3v) is 29.6. The smallest absolute Gasteiger partial charge is 0.349 e. The van der Waals surface area contributed by atoms with Crippen molar-refractivity contribution in [1.82, 2.24) is 68.2 Å². The lowest BCUT2D eigenvalue weighted by Gasteiger charge is -2.33. The second kappa shape index (κ2) is 50.7. The number of phenols is 1. The Bertz CT molecular complexity index is 6920. The van der Waals surface area contributed by atoms with Crippen LogP contribution in [-0.2, 0) is 62.3 Å². The third-order valence-electron chi connectivity index (χ3n) is 22.2. The van der Waals surface area contributed by atoms with Crippen LogP contribution in [0.4, 0.5) is 31.1 Å². The first-order valence-electron chi connectivity index (χ1n) is 43.0. The number of rotatable bonds is 32. The molecule has 1 aliphatic carbocycles. The first kappa shape index (κ1) is 113. The Hall–Kier alpha value is -11.7. The molecule has 53 heteroatoms. The summed E-state index contributed by atoms with van der Waals surface area (Å²) in [5.41, 5.74) is -2.47. The first-order chi connectivity index (χ1) is 67.5. The Labute approximate surface area is 852 Å². The number of carbonyl (C=O) groups is 5. The molecule has 10 aromatic rings. The van der Waals surface area contributed by atoms with Gasteiger partial charge in [-0.25, -0.2) is 70.7 Å². The normalized spacial score (nSPS) is 14.5. The first-order valence-corrected chi connectivity index (χ1v) is 50.5. The van der Waals surface area contributed by atoms with Crippen LogP contribution >= 0.6 is 85.5 Å². The summed E-state index contributed by atoms with van der Waals surface area (Å²) in [6.07, 6.45) is -0.0441. The lowest BCUT2D eigenvalue weighted by atomic mass is 9.83. The van der Waals surface area contributed by atoms with Crippen molar-refractivity contribution in [3.05, 3.63) is 249 Å². The molecule has 768 valence electrons. The number of hydrogen-bond acceptors (Lipinski definition) is 25. The number of benzene rings is 8. The molecule has 0 spiro atoms. The highest BCUT2D eigenvalue weighted by Crippen LogP contribution is 2.44. The minimum atomic E-state index is -4.33. The summed E-state index contributed by atoms with van der Waals surface area (Å²) in [6.45, 7) is 7.79. The number of aryl methyl sites for hydroxylation is 2. The number of alkyl halides is 6. The number of nitrogens with zero attached hydrogens (tertiary/aromatic N) is 9. The number of aromatic nitrogens is 6. The number of aromatic hydroxyl groups is 1. The van der Waals surface area contributed by atoms with Crippen LogP contribution in [0.5, 0.6) is 51.7 Å². The summed E-state index contributed by atoms with van der Waals surface area (Å²) >= 11 is 41.2. The number of H-pyrrole nitrogens is 2. The molecule has 0 radical (unpaired) electrons. The predicted octanol–water partition coefficient (Wildman–Crippen LogP) is 14.8. The van der Waals surface area contributed by atoms with Crippen LogP contribution in [-0.4, -0.2) is 211 Å². The number of halogens is 13. The SMILES string of the molecule is CC[C@H]1CCCC[C@@H]1NC.COc1ccc(CN(CC(=O)N2CCC2)S(=O)(=O)c2cc(Oc3c(Cl)cc(-n4nc(C(F)F)c(=O)[nH]c4=O)cc3Cl)ccc2C)cc1.COc1ccc(CN(CC(=O)N2CCC2)S(=O)(=O)c2cc(Oc3c(Cl)cc(Br)cc3Cl)ccc2C)cc1.N=C(C(=O)NC(N)=O)C(F)F.O=C(CNS(=O)(=O)c1cc(Oc2c(Cl)cc(-n3nc(C(F)F)c(=O)[nH]c3=O)cc2Cl)ccc1O)N1CCC1. The molecule has 2 aromatic heterocycles. The largest absolute Gasteiger partial charge is 0.507 e. The second-order valence-electron chi connectivity index (χ2n) is 31.8. The summed E-state index contributed by atoms with van der Waals surface area (Å²) in [4.78, 5) is 113. The molecule has 9 N–H and O–H groups in total. The molecule has 6 amide bonds. The lowest BCUT2D eigenvalue weighted by molar-refractivity contribution is -0.135. The molecular weight excluding hydrogens is 2140 g/mol. The van der Waals surface area contributed by atoms with Gasteiger partial charge in [0.25, 0.3) is 36.3 Å². The van der Waals surface area contributed by atoms with Crippen molar-refractivity contribution in [2.24, 2.45) is 11.7 Å². The molecule has 4 fully saturated rings. The molecule has 3 aliphatic heterocycles. The number of primary amides is 1. The summed E-state index contributed by atoms with van der Waals surface area (Å²) in [7, 11) is -7.54. The Balaban J connectivity index is 0.000000200. The Morgan fingerprint density at radius 2 is 0.888 bits per heavy atom. The molecular formula is C90H93BrCl6F6N16O21S3. The molecule has 8 aromatic carbocycles. The van der Waals surface area contributed by atoms with Gasteiger partial charge in [-0.15, -0.1) is 0 Å². The van der Waals surface area contributed by atoms with Gasteiger partial charge in [-0.05, 0) is 166 Å². The van der Waals surface area contributed by atoms with E-state index < -0.39 is 124 Å². The number of sulfonamides is 3. The van der Waals surface area contributed by atoms with Crippen molar-refractivity contribution >= 4 is 151 Å². The number of amides is 6. The van der Waals surface area contributed by atoms with Gasteiger partial charge in [0.15, 0.2) is 34.3 Å². The maximum atomic E-state index is 14.1. The van der Waals surface area contributed by atoms with E-state index in [-0.39, 0.29) is 124 Å². The Morgan fingerprint density at radius 3 is 1.22 bits per heavy atom. The summed E-state index contributed by atoms with van der Waals surface area (Å²) in [5.74, 6) is -0.882. The number of phenolic OH excluding ortho intramolecular Hbond substituents is 1. The van der Waals surface area contributed by atoms with Crippen LogP contribution in [0.25, 0.3) is 11.4 Å². The van der Waals surface area contributed by atoms with E-state index in [0.717, 1.165) is 77.5 Å². The fourth-order valence-electron chi connectivity index (χ4n) is 14.1. The highest BCUT2D eigenvalue weighted by atomic mass is 79.9. The number of nitrogens with one attached hydrogen (secondary N) is 6. The summed E-state index contributed by atoms with van der Waals surface area (Å²) in [5, 5.41) is 27.7. The number of imide groups is 1. The zero-order chi connectivity index (χ0) is 105. The maximum absolute atomic E-state index is 14.1. The zero-order valence-corrected chi connectivity index (χ0v) is 85.0. The number of aromatic amines is 2. The number of carbonyl (C=O) groups excluding carboxylic acids is 5. The van der Waals surface area contributed by atoms with Crippen LogP contribution in [0.15, 0.2) is 178 Å². The minimum Gasteiger partial charge on any atom is -0.507 e. The third kappa shape index (κ3) is 29.8. The Kier molecular flexibility index (Phi) is 40.1. The molecule has 14 rings (SSSR count). The molecule has 5 heterocycles. The van der Waals surface area contributed by atoms with E-state index in [1.54, 1.807) is 114 Å². The van der Waals surface area contributed by atoms with Crippen LogP contribution in [0.1, 0.15) is 105 Å². The van der Waals surface area contributed by atoms with Gasteiger partial charge in [-0.1, -0.05) is 148 Å². The van der Waals surface area contributed by atoms with Gasteiger partial charge in [0.2, 0.25) is 47.8 Å². The number of ether oxygens (including phenoxy) is 5. The van der Waals surface area contributed by atoms with E-state index in [2.05, 4.69) is 55.9 Å². The number of nitrogens with two attached hydrogens (primary N) is 1. The highest BCUT2D eigenvalue weighted by Gasteiger charge is 2.36. The Morgan fingerprint density at radius 1 is 0.531 bits per heavy atom. The van der Waals surface area contributed by atoms with E-state index in [4.69, 9.17) is 98.7 Å². The van der Waals surface area contributed by atoms with Gasteiger partial charge in [0.1, 0.15) is 39.4 Å². The molecule has 3 saturated heterocycles. The fraction of sp³-hybridized carbons (Fsp3) is 0.333. The van der Waals surface area contributed by atoms with Crippen molar-refractivity contribution in [3.63, 3.8) is 0 Å². The monoisotopic (exact) mass is 2230 g/mol. The predicted molar refractivity (Wildman–Crippen MR) is 522 cm³/mol. The van der Waals surface area contributed by atoms with Crippen molar-refractivity contribution in [2.75, 3.05) is 80.2 Å². The molecule has 2 atom stereocenters. The lowest BCUT2D eigenvalue weighted by Crippen LogP contribution is -2.48. The molecule has 4 aliphatic rings. The van der Waals surface area contributed by atoms with E-state index >= 15 is 0 Å². The van der Waals surface area contributed by atoms with Crippen molar-refractivity contribution in [1.29, 1.82) is 5.41 Å². The molecule has 1 saturated carbocycles. The van der Waals surface area contributed by atoms with Gasteiger partial charge >= 0.3 is 17.4 Å². The van der Waals surface area contributed by atoms with E-state index in [1.165, 1.54) is 84.1 Å². The molecule has 143 heavy (non-hydrogen) atoms. The van der Waals surface area contributed by atoms with Gasteiger partial charge in [-0.2, -0.15) is 28.2 Å². The molecule has 0 bridgehead atoms. The van der Waals surface area contributed by atoms with Gasteiger partial charge < -0.3 is 54.5 Å². The van der Waals surface area contributed by atoms with Crippen molar-refractivity contribution < 1.29 is 104 Å². The van der Waals surface area contributed by atoms with E-state index in [0.29, 0.717) is 81.3 Å². The van der Waals surface area contributed by atoms with Gasteiger partial charge in [0, 0.05) is 81.1 Å². The van der Waals surface area contributed by atoms with Gasteiger partial charge in [0.05, 0.1) is 85.2 Å². The van der Waals surface area contributed by atoms with E-state index in [9.17, 15) is 99.9 Å². The highest BCUT2D eigenvalue weighted by molar-refractivity contribution is 9.10. The van der Waals surface area contributed by atoms with Crippen molar-refractivity contribution in [3.8, 4) is 63.1 Å². The number of methoxy groups -OCH3 is 2. The quantitative estimate of drug-likeness (QED) is 0.0143. The average Bonchev–Trinajstić information content (AvgIpc) is 0.781. The number of hydrogen-bond donors (Lipinski definition) is 8. The molecule has 0 unspecified atom stereocenters. The summed E-state index contributed by atoms with van der Waals surface area (Å²) < 4.78 is 191. The average molecular weight is 2240 g/mol. The van der Waals surface area contributed by atoms with Gasteiger partial charge in [-0.3, -0.25) is 49.5 Å². The standard InChI is InChI=1S/C30H27Cl2F2N5O7S.C26H25BrCl2N2O5S.C21H17Cl2F2N5O7S.C9H19N.C4H5F2N3O2/c1-17-4-7-21(46-27-22(31)12-19(13-23(27)32)39-30(42)35-29(41)26(36-39)28(33)34)14-24(17)47(43,44)38(16-25(40)37-10-3-11-37)15-18-5-8-20(45-2)9-6-18;1-17-4-7-21(36-26-22(28)12-19(27)13-23(26)29)14-24(17)37(33,34)31(16-25(32)30-10-3-11-30)15-18-5-8-20(35-2)9-6-18;22-12-6-10(30-21(34)27-20(33)17(28-30)19(24)25)7-13(23)18(12)37-11-2-3-14(31)15(8-11)38(35,36)26-9-16(32)29-4-1-5-29;1-3-8-6-4-5-7-9(8)10-2;5-2(6)1(7)3(10)9-4(8)11/h4-9,12-14,28H,3,10-11,15-16H2,1-2H3,(H,35,41,42);4-9,12-14H,3,10-11,15-16H2,1-2H3;2-3,6-8,19,26,31H,1,4-5,9H2,(H,27,33,34);8-10H,3-7H2,1-2H3;2,7H,(H3,8,9,10,11)/t;;;8-,9-;/m...0./s1. The van der Waals surface area contributed by atoms with Crippen LogP contribution in [0.3, 0.4) is 0 Å². The number of urea groups is 1.